The Labute approximate surface area is 203 Å². The second-order valence-electron chi connectivity index (χ2n) is 8.04. The first-order valence-electron chi connectivity index (χ1n) is 10.4. The molecule has 0 saturated heterocycles. The lowest BCUT2D eigenvalue weighted by Gasteiger charge is -2.30. The minimum absolute atomic E-state index is 0.244. The highest BCUT2D eigenvalue weighted by molar-refractivity contribution is 9.10. The van der Waals surface area contributed by atoms with Crippen LogP contribution in [0.3, 0.4) is 0 Å². The average Bonchev–Trinajstić information content (AvgIpc) is 3.01. The van der Waals surface area contributed by atoms with E-state index in [0.29, 0.717) is 5.56 Å². The monoisotopic (exact) mass is 564 g/mol. The van der Waals surface area contributed by atoms with Gasteiger partial charge >= 0.3 is 14.0 Å². The van der Waals surface area contributed by atoms with Crippen molar-refractivity contribution < 1.29 is 31.5 Å². The van der Waals surface area contributed by atoms with Gasteiger partial charge in [-0.15, -0.1) is 24.5 Å². The maximum Gasteiger partial charge on any atom is 0.573 e. The van der Waals surface area contributed by atoms with Gasteiger partial charge < -0.3 is 13.8 Å². The predicted octanol–water partition coefficient (Wildman–Crippen LogP) is 8.89. The summed E-state index contributed by atoms with van der Waals surface area (Å²) in [7, 11) is -3.69. The van der Waals surface area contributed by atoms with Gasteiger partial charge in [0.2, 0.25) is 0 Å². The zero-order valence-electron chi connectivity index (χ0n) is 18.6. The van der Waals surface area contributed by atoms with Crippen molar-refractivity contribution in [1.29, 1.82) is 0 Å². The summed E-state index contributed by atoms with van der Waals surface area (Å²) in [6.07, 6.45) is -5.23. The molecular formula is C23H25BrF3O4PS. The summed E-state index contributed by atoms with van der Waals surface area (Å²) in [6.45, 7) is 7.15. The molecule has 0 amide bonds. The summed E-state index contributed by atoms with van der Waals surface area (Å²) in [5.74, 6) is -0.314. The van der Waals surface area contributed by atoms with E-state index in [2.05, 4.69) is 20.7 Å². The van der Waals surface area contributed by atoms with Crippen LogP contribution in [-0.2, 0) is 20.0 Å². The Morgan fingerprint density at radius 3 is 2.06 bits per heavy atom. The maximum atomic E-state index is 14.2. The zero-order valence-corrected chi connectivity index (χ0v) is 21.9. The quantitative estimate of drug-likeness (QED) is 0.243. The molecule has 0 fully saturated rings. The molecule has 0 saturated carbocycles. The van der Waals surface area contributed by atoms with E-state index in [9.17, 15) is 17.7 Å². The van der Waals surface area contributed by atoms with E-state index in [1.807, 2.05) is 24.3 Å². The lowest BCUT2D eigenvalue weighted by Crippen LogP contribution is -2.17. The first kappa shape index (κ1) is 26.2. The van der Waals surface area contributed by atoms with Crippen molar-refractivity contribution >= 4 is 44.9 Å². The lowest BCUT2D eigenvalue weighted by molar-refractivity contribution is -0.274. The highest BCUT2D eigenvalue weighted by Crippen LogP contribution is 2.66. The van der Waals surface area contributed by atoms with Gasteiger partial charge in [0.1, 0.15) is 11.4 Å². The van der Waals surface area contributed by atoms with Crippen LogP contribution in [0.1, 0.15) is 43.8 Å². The van der Waals surface area contributed by atoms with E-state index in [4.69, 9.17) is 9.05 Å². The first-order chi connectivity index (χ1) is 15.4. The minimum Gasteiger partial charge on any atom is -0.406 e. The van der Waals surface area contributed by atoms with Crippen LogP contribution in [0.15, 0.2) is 53.0 Å². The molecule has 0 N–H and O–H groups in total. The smallest absolute Gasteiger partial charge is 0.406 e. The molecule has 0 aliphatic carbocycles. The Hall–Kier alpha value is -1.38. The highest BCUT2D eigenvalue weighted by atomic mass is 79.9. The van der Waals surface area contributed by atoms with Crippen LogP contribution in [0.2, 0.25) is 0 Å². The summed E-state index contributed by atoms with van der Waals surface area (Å²) in [5.41, 5.74) is 0.0160. The molecule has 180 valence electrons. The van der Waals surface area contributed by atoms with Crippen LogP contribution in [0.4, 0.5) is 13.2 Å². The number of ether oxygens (including phenoxy) is 1. The van der Waals surface area contributed by atoms with Gasteiger partial charge in [-0.1, -0.05) is 30.3 Å². The van der Waals surface area contributed by atoms with E-state index < -0.39 is 19.6 Å². The molecule has 3 rings (SSSR count). The molecular weight excluding hydrogens is 540 g/mol. The van der Waals surface area contributed by atoms with Crippen molar-refractivity contribution in [2.24, 2.45) is 0 Å². The number of thiophene rings is 1. The van der Waals surface area contributed by atoms with Crippen LogP contribution in [0, 0.1) is 0 Å². The van der Waals surface area contributed by atoms with Gasteiger partial charge in [-0.05, 0) is 73.8 Å². The Morgan fingerprint density at radius 2 is 1.55 bits per heavy atom. The third kappa shape index (κ3) is 6.83. The SMILES string of the molecule is CC(C)OP(=O)(OC(C)C)C(Cc1ccc(OC(F)(F)F)cc1)c1sc2ccccc2c1Br. The Kier molecular flexibility index (Phi) is 8.33. The summed E-state index contributed by atoms with van der Waals surface area (Å²) in [6, 6.07) is 13.4. The molecule has 1 atom stereocenters. The normalized spacial score (nSPS) is 13.8. The molecule has 1 aromatic heterocycles. The molecule has 0 spiro atoms. The van der Waals surface area contributed by atoms with Gasteiger partial charge in [0.15, 0.2) is 0 Å². The molecule has 0 radical (unpaired) electrons. The lowest BCUT2D eigenvalue weighted by atomic mass is 10.1. The number of alkyl halides is 3. The fourth-order valence-electron chi connectivity index (χ4n) is 3.41. The Balaban J connectivity index is 2.06. The van der Waals surface area contributed by atoms with Gasteiger partial charge in [-0.3, -0.25) is 4.57 Å². The number of rotatable bonds is 9. The van der Waals surface area contributed by atoms with Gasteiger partial charge in [-0.25, -0.2) is 0 Å². The molecule has 10 heteroatoms. The van der Waals surface area contributed by atoms with Crippen molar-refractivity contribution in [3.63, 3.8) is 0 Å². The van der Waals surface area contributed by atoms with E-state index >= 15 is 0 Å². The summed E-state index contributed by atoms with van der Waals surface area (Å²) < 4.78 is 69.4. The van der Waals surface area contributed by atoms with Gasteiger partial charge in [0.25, 0.3) is 0 Å². The summed E-state index contributed by atoms with van der Waals surface area (Å²) >= 11 is 5.16. The van der Waals surface area contributed by atoms with E-state index in [-0.39, 0.29) is 24.4 Å². The Bertz CT molecular complexity index is 1110. The van der Waals surface area contributed by atoms with Crippen molar-refractivity contribution in [2.45, 2.75) is 58.3 Å². The number of hydrogen-bond acceptors (Lipinski definition) is 5. The Morgan fingerprint density at radius 1 is 0.970 bits per heavy atom. The molecule has 0 bridgehead atoms. The number of benzene rings is 2. The minimum atomic E-state index is -4.77. The van der Waals surface area contributed by atoms with Gasteiger partial charge in [0.05, 0.1) is 12.2 Å². The molecule has 2 aromatic carbocycles. The van der Waals surface area contributed by atoms with E-state index in [1.165, 1.54) is 35.6 Å². The summed E-state index contributed by atoms with van der Waals surface area (Å²) in [4.78, 5) is 0.802. The van der Waals surface area contributed by atoms with Crippen LogP contribution in [0.25, 0.3) is 10.1 Å². The van der Waals surface area contributed by atoms with Crippen LogP contribution >= 0.6 is 34.9 Å². The molecule has 0 aliphatic rings. The maximum absolute atomic E-state index is 14.2. The van der Waals surface area contributed by atoms with Crippen LogP contribution in [0.5, 0.6) is 5.75 Å². The zero-order chi connectivity index (χ0) is 24.4. The fraction of sp³-hybridized carbons (Fsp3) is 0.391. The van der Waals surface area contributed by atoms with Crippen LogP contribution in [-0.4, -0.2) is 18.6 Å². The molecule has 1 heterocycles. The number of halogens is 4. The average molecular weight is 565 g/mol. The number of fused-ring (bicyclic) bond motifs is 1. The van der Waals surface area contributed by atoms with Gasteiger partial charge in [-0.2, -0.15) is 0 Å². The standard InChI is InChI=1S/C23H25BrF3O4PS/c1-14(2)30-32(28,31-15(3)4)19(22-21(24)18-7-5-6-8-20(18)33-22)13-16-9-11-17(12-10-16)29-23(25,26)27/h5-12,14-15,19H,13H2,1-4H3. The highest BCUT2D eigenvalue weighted by Gasteiger charge is 2.41. The third-order valence-electron chi connectivity index (χ3n) is 4.55. The number of hydrogen-bond donors (Lipinski definition) is 0. The van der Waals surface area contributed by atoms with E-state index in [1.54, 1.807) is 27.7 Å². The fourth-order valence-corrected chi connectivity index (χ4v) is 8.58. The molecule has 0 aliphatic heterocycles. The van der Waals surface area contributed by atoms with E-state index in [0.717, 1.165) is 19.4 Å². The van der Waals surface area contributed by atoms with Crippen LogP contribution < -0.4 is 4.74 Å². The first-order valence-corrected chi connectivity index (χ1v) is 13.6. The molecule has 33 heavy (non-hydrogen) atoms. The second-order valence-corrected chi connectivity index (χ2v) is 12.0. The van der Waals surface area contributed by atoms with Crippen molar-refractivity contribution in [3.05, 3.63) is 63.4 Å². The largest absolute Gasteiger partial charge is 0.573 e. The molecule has 4 nitrogen and oxygen atoms in total. The topological polar surface area (TPSA) is 44.8 Å². The summed E-state index contributed by atoms with van der Waals surface area (Å²) in [5, 5.41) is 0.983. The van der Waals surface area contributed by atoms with Crippen molar-refractivity contribution in [3.8, 4) is 5.75 Å². The predicted molar refractivity (Wildman–Crippen MR) is 129 cm³/mol. The van der Waals surface area contributed by atoms with Crippen molar-refractivity contribution in [2.75, 3.05) is 0 Å². The second kappa shape index (κ2) is 10.5. The third-order valence-corrected chi connectivity index (χ3v) is 9.76. The molecule has 1 unspecified atom stereocenters. The molecule has 3 aromatic rings. The van der Waals surface area contributed by atoms with Crippen molar-refractivity contribution in [1.82, 2.24) is 0 Å². The van der Waals surface area contributed by atoms with Gasteiger partial charge in [0, 0.05) is 19.4 Å².